The van der Waals surface area contributed by atoms with Crippen LogP contribution in [0.4, 0.5) is 5.69 Å². The highest BCUT2D eigenvalue weighted by atomic mass is 32.1. The second kappa shape index (κ2) is 8.99. The summed E-state index contributed by atoms with van der Waals surface area (Å²) in [6, 6.07) is 23.7. The number of thiocarbonyl (C=S) groups is 1. The number of esters is 1. The topological polar surface area (TPSA) is 79.6 Å². The van der Waals surface area contributed by atoms with E-state index in [-0.39, 0.29) is 23.8 Å². The summed E-state index contributed by atoms with van der Waals surface area (Å²) >= 11 is 5.77. The third-order valence-electron chi connectivity index (χ3n) is 5.88. The van der Waals surface area contributed by atoms with Crippen LogP contribution in [-0.4, -0.2) is 32.8 Å². The van der Waals surface area contributed by atoms with E-state index in [4.69, 9.17) is 17.0 Å². The number of ether oxygens (including phenoxy) is 1. The first-order valence-corrected chi connectivity index (χ1v) is 11.1. The molecule has 0 radical (unpaired) electrons. The van der Waals surface area contributed by atoms with Crippen LogP contribution in [0.15, 0.2) is 91.3 Å². The second-order valence-corrected chi connectivity index (χ2v) is 8.24. The van der Waals surface area contributed by atoms with Gasteiger partial charge in [-0.2, -0.15) is 0 Å². The number of aromatic hydroxyl groups is 1. The molecule has 2 atom stereocenters. The maximum absolute atomic E-state index is 11.9. The lowest BCUT2D eigenvalue weighted by atomic mass is 10.0. The van der Waals surface area contributed by atoms with Crippen molar-refractivity contribution in [2.24, 2.45) is 0 Å². The van der Waals surface area contributed by atoms with E-state index in [1.54, 1.807) is 30.5 Å². The number of nitrogens with one attached hydrogen (secondary N) is 1. The summed E-state index contributed by atoms with van der Waals surface area (Å²) in [7, 11) is 1.37. The number of carbonyl (C=O) groups excluding carboxylic acids is 1. The molecule has 170 valence electrons. The Bertz CT molecular complexity index is 1320. The van der Waals surface area contributed by atoms with Crippen LogP contribution < -0.4 is 10.2 Å². The average molecular weight is 471 g/mol. The third kappa shape index (κ3) is 3.88. The molecule has 3 heterocycles. The Morgan fingerprint density at radius 2 is 1.74 bits per heavy atom. The second-order valence-electron chi connectivity index (χ2n) is 7.85. The van der Waals surface area contributed by atoms with E-state index in [0.717, 1.165) is 22.8 Å². The number of phenols is 1. The SMILES string of the molecule is COC(=O)c1ccc(-n2cccc2[C@H]2[C@H](c3ccccn3)NC(=S)N2c2ccc(O)cc2)cc1. The number of rotatable bonds is 5. The Morgan fingerprint density at radius 1 is 1.00 bits per heavy atom. The first kappa shape index (κ1) is 21.7. The van der Waals surface area contributed by atoms with Gasteiger partial charge in [0.2, 0.25) is 0 Å². The quantitative estimate of drug-likeness (QED) is 0.327. The summed E-state index contributed by atoms with van der Waals surface area (Å²) < 4.78 is 6.89. The van der Waals surface area contributed by atoms with Crippen LogP contribution >= 0.6 is 12.2 Å². The van der Waals surface area contributed by atoms with Gasteiger partial charge in [0.1, 0.15) is 11.8 Å². The van der Waals surface area contributed by atoms with Gasteiger partial charge in [-0.1, -0.05) is 6.07 Å². The van der Waals surface area contributed by atoms with Crippen LogP contribution in [0.1, 0.15) is 33.8 Å². The maximum Gasteiger partial charge on any atom is 0.337 e. The molecule has 2 aromatic heterocycles. The fourth-order valence-electron chi connectivity index (χ4n) is 4.29. The van der Waals surface area contributed by atoms with Crippen molar-refractivity contribution in [1.29, 1.82) is 0 Å². The molecule has 0 spiro atoms. The minimum absolute atomic E-state index is 0.189. The highest BCUT2D eigenvalue weighted by Gasteiger charge is 2.42. The summed E-state index contributed by atoms with van der Waals surface area (Å²) in [6.07, 6.45) is 3.75. The standard InChI is InChI=1S/C26H22N4O3S/c1-33-25(32)17-7-9-18(10-8-17)29-16-4-6-22(29)24-23(21-5-2-3-15-27-21)28-26(34)30(24)19-11-13-20(31)14-12-19/h2-16,23-24,31H,1H3,(H,28,34)/t23-,24-/m0/s1. The molecule has 8 heteroatoms. The summed E-state index contributed by atoms with van der Waals surface area (Å²) in [4.78, 5) is 18.5. The summed E-state index contributed by atoms with van der Waals surface area (Å²) in [5.74, 6) is -0.188. The zero-order valence-electron chi connectivity index (χ0n) is 18.3. The van der Waals surface area contributed by atoms with Gasteiger partial charge in [-0.25, -0.2) is 4.79 Å². The monoisotopic (exact) mass is 470 g/mol. The number of hydrogen-bond donors (Lipinski definition) is 2. The van der Waals surface area contributed by atoms with Gasteiger partial charge in [0, 0.05) is 29.5 Å². The molecular formula is C26H22N4O3S. The zero-order chi connectivity index (χ0) is 23.7. The summed E-state index contributed by atoms with van der Waals surface area (Å²) in [5, 5.41) is 13.8. The fourth-order valence-corrected chi connectivity index (χ4v) is 4.64. The molecule has 0 aliphatic carbocycles. The molecule has 0 amide bonds. The lowest BCUT2D eigenvalue weighted by molar-refractivity contribution is 0.0600. The smallest absolute Gasteiger partial charge is 0.337 e. The normalized spacial score (nSPS) is 17.4. The van der Waals surface area contributed by atoms with Crippen molar-refractivity contribution in [2.75, 3.05) is 12.0 Å². The minimum Gasteiger partial charge on any atom is -0.508 e. The van der Waals surface area contributed by atoms with E-state index in [2.05, 4.69) is 20.9 Å². The van der Waals surface area contributed by atoms with Gasteiger partial charge in [0.15, 0.2) is 5.11 Å². The lowest BCUT2D eigenvalue weighted by Gasteiger charge is -2.29. The van der Waals surface area contributed by atoms with Gasteiger partial charge in [0.05, 0.1) is 24.4 Å². The van der Waals surface area contributed by atoms with Crippen molar-refractivity contribution in [3.8, 4) is 11.4 Å². The molecule has 0 saturated carbocycles. The maximum atomic E-state index is 11.9. The molecule has 34 heavy (non-hydrogen) atoms. The Hall–Kier alpha value is -4.17. The number of methoxy groups -OCH3 is 1. The Labute approximate surface area is 202 Å². The van der Waals surface area contributed by atoms with Crippen molar-refractivity contribution in [1.82, 2.24) is 14.9 Å². The number of benzene rings is 2. The molecule has 1 saturated heterocycles. The highest BCUT2D eigenvalue weighted by Crippen LogP contribution is 2.42. The van der Waals surface area contributed by atoms with Crippen LogP contribution in [0.25, 0.3) is 5.69 Å². The van der Waals surface area contributed by atoms with E-state index < -0.39 is 0 Å². The molecular weight excluding hydrogens is 448 g/mol. The number of anilines is 1. The molecule has 1 aliphatic heterocycles. The van der Waals surface area contributed by atoms with E-state index >= 15 is 0 Å². The van der Waals surface area contributed by atoms with Crippen LogP contribution in [0.2, 0.25) is 0 Å². The molecule has 2 aromatic carbocycles. The van der Waals surface area contributed by atoms with Gasteiger partial charge in [-0.3, -0.25) is 4.98 Å². The van der Waals surface area contributed by atoms with E-state index in [0.29, 0.717) is 10.7 Å². The summed E-state index contributed by atoms with van der Waals surface area (Å²) in [6.45, 7) is 0. The predicted molar refractivity (Wildman–Crippen MR) is 133 cm³/mol. The predicted octanol–water partition coefficient (Wildman–Crippen LogP) is 4.54. The third-order valence-corrected chi connectivity index (χ3v) is 6.19. The van der Waals surface area contributed by atoms with Crippen molar-refractivity contribution in [3.63, 3.8) is 0 Å². The fraction of sp³-hybridized carbons (Fsp3) is 0.115. The Kier molecular flexibility index (Phi) is 5.73. The summed E-state index contributed by atoms with van der Waals surface area (Å²) in [5.41, 5.74) is 4.09. The van der Waals surface area contributed by atoms with Crippen molar-refractivity contribution < 1.29 is 14.6 Å². The Morgan fingerprint density at radius 3 is 2.41 bits per heavy atom. The van der Waals surface area contributed by atoms with Gasteiger partial charge in [0.25, 0.3) is 0 Å². The van der Waals surface area contributed by atoms with E-state index in [9.17, 15) is 9.90 Å². The molecule has 5 rings (SSSR count). The molecule has 0 unspecified atom stereocenters. The van der Waals surface area contributed by atoms with Crippen molar-refractivity contribution in [3.05, 3.63) is 108 Å². The van der Waals surface area contributed by atoms with Gasteiger partial charge in [-0.05, 0) is 85.0 Å². The molecule has 2 N–H and O–H groups in total. The molecule has 1 fully saturated rings. The van der Waals surface area contributed by atoms with Crippen LogP contribution in [-0.2, 0) is 4.74 Å². The largest absolute Gasteiger partial charge is 0.508 e. The number of aromatic nitrogens is 2. The van der Waals surface area contributed by atoms with Gasteiger partial charge < -0.3 is 24.6 Å². The van der Waals surface area contributed by atoms with Crippen LogP contribution in [0, 0.1) is 0 Å². The number of nitrogens with zero attached hydrogens (tertiary/aromatic N) is 3. The van der Waals surface area contributed by atoms with E-state index in [1.165, 1.54) is 7.11 Å². The van der Waals surface area contributed by atoms with Crippen LogP contribution in [0.3, 0.4) is 0 Å². The number of phenolic OH excluding ortho intramolecular Hbond substituents is 1. The first-order valence-electron chi connectivity index (χ1n) is 10.7. The average Bonchev–Trinajstić information content (AvgIpc) is 3.49. The highest BCUT2D eigenvalue weighted by molar-refractivity contribution is 7.80. The van der Waals surface area contributed by atoms with Gasteiger partial charge in [-0.15, -0.1) is 0 Å². The number of hydrogen-bond acceptors (Lipinski definition) is 5. The Balaban J connectivity index is 1.61. The zero-order valence-corrected chi connectivity index (χ0v) is 19.1. The van der Waals surface area contributed by atoms with E-state index in [1.807, 2.05) is 59.6 Å². The van der Waals surface area contributed by atoms with Gasteiger partial charge >= 0.3 is 5.97 Å². The first-order chi connectivity index (χ1) is 16.6. The molecule has 1 aliphatic rings. The number of carbonyl (C=O) groups is 1. The molecule has 4 aromatic rings. The molecule has 0 bridgehead atoms. The minimum atomic E-state index is -0.377. The van der Waals surface area contributed by atoms with Crippen LogP contribution in [0.5, 0.6) is 5.75 Å². The molecule has 7 nitrogen and oxygen atoms in total. The lowest BCUT2D eigenvalue weighted by Crippen LogP contribution is -2.30. The number of pyridine rings is 1. The van der Waals surface area contributed by atoms with Crippen molar-refractivity contribution >= 4 is 29.0 Å². The van der Waals surface area contributed by atoms with Crippen molar-refractivity contribution in [2.45, 2.75) is 12.1 Å².